The first kappa shape index (κ1) is 16.3. The first-order valence-corrected chi connectivity index (χ1v) is 6.14. The summed E-state index contributed by atoms with van der Waals surface area (Å²) in [7, 11) is 3.61. The fraction of sp³-hybridized carbons (Fsp3) is 0.909. The second kappa shape index (κ2) is 10.5. The highest BCUT2D eigenvalue weighted by molar-refractivity contribution is 5.81. The summed E-state index contributed by atoms with van der Waals surface area (Å²) >= 11 is 0. The SMILES string of the molecule is CCNCC(O)CNC(=O)[C@H](CCNC)NC. The zero-order chi connectivity index (χ0) is 13.1. The summed E-state index contributed by atoms with van der Waals surface area (Å²) < 4.78 is 0. The van der Waals surface area contributed by atoms with Crippen molar-refractivity contribution in [3.8, 4) is 0 Å². The Morgan fingerprint density at radius 1 is 1.29 bits per heavy atom. The second-order valence-corrected chi connectivity index (χ2v) is 3.94. The Kier molecular flexibility index (Phi) is 10.0. The van der Waals surface area contributed by atoms with Gasteiger partial charge in [0.25, 0.3) is 0 Å². The predicted octanol–water partition coefficient (Wildman–Crippen LogP) is -1.73. The van der Waals surface area contributed by atoms with Crippen LogP contribution in [0.25, 0.3) is 0 Å². The Balaban J connectivity index is 3.80. The van der Waals surface area contributed by atoms with Crippen LogP contribution >= 0.6 is 0 Å². The lowest BCUT2D eigenvalue weighted by Crippen LogP contribution is -2.47. The third-order valence-corrected chi connectivity index (χ3v) is 2.49. The van der Waals surface area contributed by atoms with Crippen molar-refractivity contribution in [2.45, 2.75) is 25.5 Å². The average molecular weight is 246 g/mol. The van der Waals surface area contributed by atoms with E-state index in [1.807, 2.05) is 14.0 Å². The molecule has 6 heteroatoms. The van der Waals surface area contributed by atoms with Crippen LogP contribution in [0.2, 0.25) is 0 Å². The van der Waals surface area contributed by atoms with Crippen molar-refractivity contribution in [3.63, 3.8) is 0 Å². The molecule has 102 valence electrons. The number of amides is 1. The van der Waals surface area contributed by atoms with Gasteiger partial charge in [-0.25, -0.2) is 0 Å². The second-order valence-electron chi connectivity index (χ2n) is 3.94. The molecule has 1 amide bonds. The molecule has 0 fully saturated rings. The van der Waals surface area contributed by atoms with E-state index in [0.29, 0.717) is 6.54 Å². The summed E-state index contributed by atoms with van der Waals surface area (Å²) in [5.74, 6) is -0.0710. The fourth-order valence-corrected chi connectivity index (χ4v) is 1.42. The number of aliphatic hydroxyl groups is 1. The Hall–Kier alpha value is -0.690. The first-order valence-electron chi connectivity index (χ1n) is 6.14. The molecule has 0 aromatic heterocycles. The average Bonchev–Trinajstić information content (AvgIpc) is 2.34. The summed E-state index contributed by atoms with van der Waals surface area (Å²) in [6, 6.07) is -0.214. The van der Waals surface area contributed by atoms with E-state index >= 15 is 0 Å². The van der Waals surface area contributed by atoms with Gasteiger partial charge in [0.1, 0.15) is 0 Å². The molecule has 17 heavy (non-hydrogen) atoms. The molecule has 0 aromatic rings. The van der Waals surface area contributed by atoms with E-state index in [1.54, 1.807) is 7.05 Å². The lowest BCUT2D eigenvalue weighted by Gasteiger charge is -2.17. The normalized spacial score (nSPS) is 14.4. The molecule has 0 saturated carbocycles. The number of nitrogens with one attached hydrogen (secondary N) is 4. The van der Waals surface area contributed by atoms with E-state index in [1.165, 1.54) is 0 Å². The summed E-state index contributed by atoms with van der Waals surface area (Å²) in [6.07, 6.45) is 0.183. The maximum absolute atomic E-state index is 11.7. The van der Waals surface area contributed by atoms with Gasteiger partial charge in [-0.3, -0.25) is 4.79 Å². The Morgan fingerprint density at radius 2 is 2.00 bits per heavy atom. The minimum atomic E-state index is -0.541. The maximum atomic E-state index is 11.7. The van der Waals surface area contributed by atoms with Crippen LogP contribution in [-0.2, 0) is 4.79 Å². The van der Waals surface area contributed by atoms with Crippen molar-refractivity contribution >= 4 is 5.91 Å². The fourth-order valence-electron chi connectivity index (χ4n) is 1.42. The first-order chi connectivity index (χ1) is 8.15. The zero-order valence-electron chi connectivity index (χ0n) is 11.0. The van der Waals surface area contributed by atoms with E-state index in [0.717, 1.165) is 19.5 Å². The molecule has 0 aromatic carbocycles. The Morgan fingerprint density at radius 3 is 2.53 bits per heavy atom. The third kappa shape index (κ3) is 8.09. The number of aliphatic hydroxyl groups excluding tert-OH is 1. The molecule has 0 aliphatic carbocycles. The monoisotopic (exact) mass is 246 g/mol. The van der Waals surface area contributed by atoms with Crippen LogP contribution in [0.5, 0.6) is 0 Å². The van der Waals surface area contributed by atoms with E-state index in [-0.39, 0.29) is 18.5 Å². The highest BCUT2D eigenvalue weighted by Gasteiger charge is 2.16. The predicted molar refractivity (Wildman–Crippen MR) is 69.0 cm³/mol. The van der Waals surface area contributed by atoms with Crippen molar-refractivity contribution in [1.82, 2.24) is 21.3 Å². The van der Waals surface area contributed by atoms with Crippen LogP contribution in [0.15, 0.2) is 0 Å². The standard InChI is InChI=1S/C11H26N4O2/c1-4-14-7-9(16)8-15-11(17)10(13-3)5-6-12-2/h9-10,12-14,16H,4-8H2,1-3H3,(H,15,17)/t9?,10-/m0/s1. The van der Waals surface area contributed by atoms with Gasteiger partial charge in [0, 0.05) is 13.1 Å². The van der Waals surface area contributed by atoms with Gasteiger partial charge in [-0.15, -0.1) is 0 Å². The van der Waals surface area contributed by atoms with Crippen molar-refractivity contribution in [3.05, 3.63) is 0 Å². The Labute approximate surface area is 104 Å². The topological polar surface area (TPSA) is 85.4 Å². The molecule has 0 spiro atoms. The molecule has 0 heterocycles. The number of carbonyl (C=O) groups is 1. The number of carbonyl (C=O) groups excluding carboxylic acids is 1. The zero-order valence-corrected chi connectivity index (χ0v) is 11.0. The summed E-state index contributed by atoms with van der Waals surface area (Å²) in [4.78, 5) is 11.7. The maximum Gasteiger partial charge on any atom is 0.237 e. The molecule has 5 N–H and O–H groups in total. The van der Waals surface area contributed by atoms with E-state index in [2.05, 4.69) is 21.3 Å². The van der Waals surface area contributed by atoms with Gasteiger partial charge < -0.3 is 26.4 Å². The molecule has 1 unspecified atom stereocenters. The molecule has 0 saturated heterocycles. The van der Waals surface area contributed by atoms with Gasteiger partial charge >= 0.3 is 0 Å². The van der Waals surface area contributed by atoms with Crippen molar-refractivity contribution < 1.29 is 9.90 Å². The van der Waals surface area contributed by atoms with Crippen LogP contribution in [0.3, 0.4) is 0 Å². The lowest BCUT2D eigenvalue weighted by molar-refractivity contribution is -0.123. The number of likely N-dealkylation sites (N-methyl/N-ethyl adjacent to an activating group) is 2. The van der Waals surface area contributed by atoms with Gasteiger partial charge in [-0.1, -0.05) is 6.92 Å². The molecular formula is C11H26N4O2. The van der Waals surface area contributed by atoms with Crippen LogP contribution in [0, 0.1) is 0 Å². The van der Waals surface area contributed by atoms with Crippen LogP contribution in [0.4, 0.5) is 0 Å². The smallest absolute Gasteiger partial charge is 0.237 e. The van der Waals surface area contributed by atoms with Gasteiger partial charge in [0.15, 0.2) is 0 Å². The van der Waals surface area contributed by atoms with Gasteiger partial charge in [-0.05, 0) is 33.6 Å². The molecule has 2 atom stereocenters. The minimum absolute atomic E-state index is 0.0710. The summed E-state index contributed by atoms with van der Waals surface area (Å²) in [5.41, 5.74) is 0. The number of hydrogen-bond donors (Lipinski definition) is 5. The van der Waals surface area contributed by atoms with Crippen molar-refractivity contribution in [1.29, 1.82) is 0 Å². The minimum Gasteiger partial charge on any atom is -0.390 e. The van der Waals surface area contributed by atoms with Gasteiger partial charge in [-0.2, -0.15) is 0 Å². The van der Waals surface area contributed by atoms with E-state index < -0.39 is 6.10 Å². The quantitative estimate of drug-likeness (QED) is 0.316. The van der Waals surface area contributed by atoms with Crippen molar-refractivity contribution in [2.75, 3.05) is 40.3 Å². The highest BCUT2D eigenvalue weighted by Crippen LogP contribution is 1.90. The van der Waals surface area contributed by atoms with Gasteiger partial charge in [0.05, 0.1) is 12.1 Å². The molecule has 0 aliphatic heterocycles. The van der Waals surface area contributed by atoms with Crippen LogP contribution in [0.1, 0.15) is 13.3 Å². The Bertz CT molecular complexity index is 202. The summed E-state index contributed by atoms with van der Waals surface area (Å²) in [6.45, 7) is 4.34. The van der Waals surface area contributed by atoms with Crippen LogP contribution < -0.4 is 21.3 Å². The lowest BCUT2D eigenvalue weighted by atomic mass is 10.2. The molecule has 0 aliphatic rings. The molecule has 0 rings (SSSR count). The highest BCUT2D eigenvalue weighted by atomic mass is 16.3. The van der Waals surface area contributed by atoms with Gasteiger partial charge in [0.2, 0.25) is 5.91 Å². The third-order valence-electron chi connectivity index (χ3n) is 2.49. The number of rotatable bonds is 10. The van der Waals surface area contributed by atoms with Crippen molar-refractivity contribution in [2.24, 2.45) is 0 Å². The van der Waals surface area contributed by atoms with E-state index in [9.17, 15) is 9.90 Å². The molecule has 0 radical (unpaired) electrons. The number of hydrogen-bond acceptors (Lipinski definition) is 5. The van der Waals surface area contributed by atoms with Crippen LogP contribution in [-0.4, -0.2) is 63.4 Å². The molecule has 6 nitrogen and oxygen atoms in total. The molecular weight excluding hydrogens is 220 g/mol. The molecule has 0 bridgehead atoms. The largest absolute Gasteiger partial charge is 0.390 e. The van der Waals surface area contributed by atoms with E-state index in [4.69, 9.17) is 0 Å². The summed E-state index contributed by atoms with van der Waals surface area (Å²) in [5, 5.41) is 21.3.